The number of hydrogen-bond acceptors (Lipinski definition) is 2. The minimum Gasteiger partial charge on any atom is -0.336 e. The fourth-order valence-corrected chi connectivity index (χ4v) is 1.03. The van der Waals surface area contributed by atoms with E-state index in [0.29, 0.717) is 0 Å². The van der Waals surface area contributed by atoms with Gasteiger partial charge in [0.05, 0.1) is 0 Å². The van der Waals surface area contributed by atoms with Gasteiger partial charge >= 0.3 is 6.03 Å². The van der Waals surface area contributed by atoms with E-state index in [1.54, 1.807) is 18.5 Å². The number of carbonyl (C=O) groups excluding carboxylic acids is 1. The quantitative estimate of drug-likeness (QED) is 0.754. The Morgan fingerprint density at radius 2 is 2.21 bits per heavy atom. The van der Waals surface area contributed by atoms with Crippen molar-refractivity contribution in [3.05, 3.63) is 24.0 Å². The number of amides is 2. The van der Waals surface area contributed by atoms with Gasteiger partial charge in [-0.1, -0.05) is 0 Å². The molecule has 4 heteroatoms. The SMILES string of the molecule is Cc1cnccc1NC(=O)NC(C)C. The Morgan fingerprint density at radius 1 is 1.50 bits per heavy atom. The Labute approximate surface area is 83.7 Å². The lowest BCUT2D eigenvalue weighted by Gasteiger charge is -2.11. The summed E-state index contributed by atoms with van der Waals surface area (Å²) >= 11 is 0. The molecule has 1 aromatic rings. The molecule has 14 heavy (non-hydrogen) atoms. The van der Waals surface area contributed by atoms with E-state index in [1.807, 2.05) is 20.8 Å². The van der Waals surface area contributed by atoms with E-state index in [0.717, 1.165) is 11.3 Å². The van der Waals surface area contributed by atoms with E-state index in [4.69, 9.17) is 0 Å². The monoisotopic (exact) mass is 193 g/mol. The number of nitrogens with zero attached hydrogens (tertiary/aromatic N) is 1. The van der Waals surface area contributed by atoms with E-state index in [2.05, 4.69) is 15.6 Å². The maximum absolute atomic E-state index is 11.3. The van der Waals surface area contributed by atoms with Crippen LogP contribution in [0.4, 0.5) is 10.5 Å². The number of aromatic nitrogens is 1. The summed E-state index contributed by atoms with van der Waals surface area (Å²) < 4.78 is 0. The maximum atomic E-state index is 11.3. The van der Waals surface area contributed by atoms with E-state index in [9.17, 15) is 4.79 Å². The summed E-state index contributed by atoms with van der Waals surface area (Å²) in [5.74, 6) is 0. The van der Waals surface area contributed by atoms with Crippen LogP contribution in [0.1, 0.15) is 19.4 Å². The van der Waals surface area contributed by atoms with Crippen LogP contribution in [-0.2, 0) is 0 Å². The highest BCUT2D eigenvalue weighted by Crippen LogP contribution is 2.10. The van der Waals surface area contributed by atoms with Crippen LogP contribution in [-0.4, -0.2) is 17.1 Å². The van der Waals surface area contributed by atoms with Crippen LogP contribution in [0.25, 0.3) is 0 Å². The van der Waals surface area contributed by atoms with Gasteiger partial charge in [0.15, 0.2) is 0 Å². The number of nitrogens with one attached hydrogen (secondary N) is 2. The molecule has 0 unspecified atom stereocenters. The van der Waals surface area contributed by atoms with Crippen LogP contribution in [0.3, 0.4) is 0 Å². The van der Waals surface area contributed by atoms with Gasteiger partial charge in [-0.15, -0.1) is 0 Å². The number of aryl methyl sites for hydroxylation is 1. The third-order valence-electron chi connectivity index (χ3n) is 1.69. The van der Waals surface area contributed by atoms with Crippen LogP contribution in [0, 0.1) is 6.92 Å². The molecule has 2 N–H and O–H groups in total. The van der Waals surface area contributed by atoms with E-state index in [-0.39, 0.29) is 12.1 Å². The predicted molar refractivity (Wildman–Crippen MR) is 56.3 cm³/mol. The number of carbonyl (C=O) groups is 1. The van der Waals surface area contributed by atoms with Crippen molar-refractivity contribution in [1.29, 1.82) is 0 Å². The van der Waals surface area contributed by atoms with Gasteiger partial charge in [0.1, 0.15) is 0 Å². The molecule has 0 aliphatic rings. The van der Waals surface area contributed by atoms with Gasteiger partial charge in [0.2, 0.25) is 0 Å². The summed E-state index contributed by atoms with van der Waals surface area (Å²) in [5, 5.41) is 5.50. The highest BCUT2D eigenvalue weighted by atomic mass is 16.2. The molecule has 0 saturated carbocycles. The summed E-state index contributed by atoms with van der Waals surface area (Å²) in [5.41, 5.74) is 1.74. The van der Waals surface area contributed by atoms with Gasteiger partial charge in [0.25, 0.3) is 0 Å². The standard InChI is InChI=1S/C10H15N3O/c1-7(2)12-10(14)13-9-4-5-11-6-8(9)3/h4-7H,1-3H3,(H2,11,12,13,14). The molecule has 0 atom stereocenters. The molecule has 0 aliphatic carbocycles. The van der Waals surface area contributed by atoms with E-state index < -0.39 is 0 Å². The molecule has 4 nitrogen and oxygen atoms in total. The van der Waals surface area contributed by atoms with Gasteiger partial charge < -0.3 is 10.6 Å². The predicted octanol–water partition coefficient (Wildman–Crippen LogP) is 1.92. The molecule has 1 aromatic heterocycles. The normalized spacial score (nSPS) is 10.0. The molecule has 0 bridgehead atoms. The minimum atomic E-state index is -0.186. The average molecular weight is 193 g/mol. The van der Waals surface area contributed by atoms with Crippen LogP contribution < -0.4 is 10.6 Å². The third-order valence-corrected chi connectivity index (χ3v) is 1.69. The Balaban J connectivity index is 2.61. The van der Waals surface area contributed by atoms with Crippen molar-refractivity contribution >= 4 is 11.7 Å². The minimum absolute atomic E-state index is 0.136. The third kappa shape index (κ3) is 3.05. The van der Waals surface area contributed by atoms with Gasteiger partial charge in [-0.3, -0.25) is 4.98 Å². The van der Waals surface area contributed by atoms with Gasteiger partial charge in [-0.25, -0.2) is 4.79 Å². The highest BCUT2D eigenvalue weighted by Gasteiger charge is 2.04. The lowest BCUT2D eigenvalue weighted by atomic mass is 10.2. The largest absolute Gasteiger partial charge is 0.336 e. The van der Waals surface area contributed by atoms with Crippen molar-refractivity contribution in [2.24, 2.45) is 0 Å². The molecule has 76 valence electrons. The first-order valence-corrected chi connectivity index (χ1v) is 4.57. The number of urea groups is 1. The second kappa shape index (κ2) is 4.60. The Hall–Kier alpha value is -1.58. The number of pyridine rings is 1. The zero-order valence-corrected chi connectivity index (χ0v) is 8.66. The molecule has 0 aromatic carbocycles. The molecule has 0 saturated heterocycles. The first-order valence-electron chi connectivity index (χ1n) is 4.57. The molecule has 1 rings (SSSR count). The zero-order valence-electron chi connectivity index (χ0n) is 8.66. The number of hydrogen-bond donors (Lipinski definition) is 2. The molecule has 1 heterocycles. The zero-order chi connectivity index (χ0) is 10.6. The van der Waals surface area contributed by atoms with Gasteiger partial charge in [-0.05, 0) is 32.4 Å². The smallest absolute Gasteiger partial charge is 0.319 e. The first kappa shape index (κ1) is 10.5. The Bertz CT molecular complexity index is 323. The molecule has 0 radical (unpaired) electrons. The van der Waals surface area contributed by atoms with Crippen LogP contribution >= 0.6 is 0 Å². The Kier molecular flexibility index (Phi) is 3.45. The highest BCUT2D eigenvalue weighted by molar-refractivity contribution is 5.90. The van der Waals surface area contributed by atoms with Crippen molar-refractivity contribution in [2.45, 2.75) is 26.8 Å². The average Bonchev–Trinajstić information content (AvgIpc) is 2.07. The van der Waals surface area contributed by atoms with E-state index >= 15 is 0 Å². The number of rotatable bonds is 2. The summed E-state index contributed by atoms with van der Waals surface area (Å²) in [6, 6.07) is 1.72. The molecule has 0 aliphatic heterocycles. The van der Waals surface area contributed by atoms with Crippen molar-refractivity contribution in [3.63, 3.8) is 0 Å². The summed E-state index contributed by atoms with van der Waals surface area (Å²) in [7, 11) is 0. The molecular weight excluding hydrogens is 178 g/mol. The fourth-order valence-electron chi connectivity index (χ4n) is 1.03. The van der Waals surface area contributed by atoms with Crippen molar-refractivity contribution in [3.8, 4) is 0 Å². The van der Waals surface area contributed by atoms with Crippen LogP contribution in [0.2, 0.25) is 0 Å². The number of anilines is 1. The van der Waals surface area contributed by atoms with Crippen molar-refractivity contribution in [1.82, 2.24) is 10.3 Å². The second-order valence-corrected chi connectivity index (χ2v) is 3.44. The van der Waals surface area contributed by atoms with Crippen molar-refractivity contribution < 1.29 is 4.79 Å². The lowest BCUT2D eigenvalue weighted by Crippen LogP contribution is -2.34. The van der Waals surface area contributed by atoms with Crippen LogP contribution in [0.5, 0.6) is 0 Å². The fraction of sp³-hybridized carbons (Fsp3) is 0.400. The topological polar surface area (TPSA) is 54.0 Å². The van der Waals surface area contributed by atoms with E-state index in [1.165, 1.54) is 0 Å². The first-order chi connectivity index (χ1) is 6.59. The van der Waals surface area contributed by atoms with Gasteiger partial charge in [-0.2, -0.15) is 0 Å². The molecule has 0 fully saturated rings. The van der Waals surface area contributed by atoms with Crippen LogP contribution in [0.15, 0.2) is 18.5 Å². The molecule has 0 spiro atoms. The second-order valence-electron chi connectivity index (χ2n) is 3.44. The Morgan fingerprint density at radius 3 is 2.79 bits per heavy atom. The van der Waals surface area contributed by atoms with Crippen molar-refractivity contribution in [2.75, 3.05) is 5.32 Å². The molecular formula is C10H15N3O. The molecule has 2 amide bonds. The van der Waals surface area contributed by atoms with Gasteiger partial charge in [0, 0.05) is 24.1 Å². The summed E-state index contributed by atoms with van der Waals surface area (Å²) in [6.45, 7) is 5.73. The summed E-state index contributed by atoms with van der Waals surface area (Å²) in [6.07, 6.45) is 3.36. The lowest BCUT2D eigenvalue weighted by molar-refractivity contribution is 0.250. The maximum Gasteiger partial charge on any atom is 0.319 e. The summed E-state index contributed by atoms with van der Waals surface area (Å²) in [4.78, 5) is 15.3.